The molecule has 0 radical (unpaired) electrons. The van der Waals surface area contributed by atoms with E-state index in [1.807, 2.05) is 60.7 Å². The van der Waals surface area contributed by atoms with E-state index >= 15 is 0 Å². The Morgan fingerprint density at radius 3 is 2.30 bits per heavy atom. The van der Waals surface area contributed by atoms with Gasteiger partial charge in [-0.3, -0.25) is 4.99 Å². The van der Waals surface area contributed by atoms with Gasteiger partial charge in [0, 0.05) is 41.5 Å². The van der Waals surface area contributed by atoms with E-state index in [4.69, 9.17) is 4.74 Å². The molecule has 0 amide bonds. The van der Waals surface area contributed by atoms with E-state index in [2.05, 4.69) is 49.0 Å². The zero-order chi connectivity index (χ0) is 23.8. The van der Waals surface area contributed by atoms with Gasteiger partial charge >= 0.3 is 0 Å². The van der Waals surface area contributed by atoms with Gasteiger partial charge < -0.3 is 14.7 Å². The van der Waals surface area contributed by atoms with Crippen LogP contribution in [0.3, 0.4) is 0 Å². The van der Waals surface area contributed by atoms with Crippen molar-refractivity contribution < 1.29 is 9.84 Å². The minimum absolute atomic E-state index is 0.199. The first-order chi connectivity index (χ1) is 15.9. The molecule has 3 aromatic rings. The normalized spacial score (nSPS) is 11.4. The lowest BCUT2D eigenvalue weighted by molar-refractivity contribution is 0.407. The monoisotopic (exact) mass is 440 g/mol. The summed E-state index contributed by atoms with van der Waals surface area (Å²) in [5.74, 6) is 0.870. The van der Waals surface area contributed by atoms with E-state index < -0.39 is 5.41 Å². The number of phenols is 1. The van der Waals surface area contributed by atoms with Gasteiger partial charge in [-0.15, -0.1) is 13.2 Å². The quantitative estimate of drug-likeness (QED) is 0.283. The molecule has 4 nitrogen and oxygen atoms in total. The van der Waals surface area contributed by atoms with E-state index in [0.29, 0.717) is 24.4 Å². The highest BCUT2D eigenvalue weighted by Crippen LogP contribution is 2.40. The molecule has 0 bridgehead atoms. The second kappa shape index (κ2) is 10.7. The minimum Gasteiger partial charge on any atom is -0.507 e. The summed E-state index contributed by atoms with van der Waals surface area (Å²) in [6, 6.07) is 21.8. The van der Waals surface area contributed by atoms with Gasteiger partial charge in [0.2, 0.25) is 0 Å². The molecule has 0 saturated carbocycles. The standard InChI is InChI=1S/C29H32N2O2/c1-6-16-31(17-7-2)25-15-11-14-24(19-25)30-21-22-18-26(33-5)20-27(28(22)32)29(3,4)23-12-9-8-10-13-23/h6-15,18-21,32H,1-2,16-17H2,3-5H3. The van der Waals surface area contributed by atoms with Crippen molar-refractivity contribution in [2.24, 2.45) is 4.99 Å². The molecule has 1 N–H and O–H groups in total. The van der Waals surface area contributed by atoms with Gasteiger partial charge in [0.25, 0.3) is 0 Å². The molecule has 3 rings (SSSR count). The number of hydrogen-bond acceptors (Lipinski definition) is 4. The Labute approximate surface area is 197 Å². The number of anilines is 1. The number of aliphatic imine (C=N–C) groups is 1. The van der Waals surface area contributed by atoms with Crippen LogP contribution in [0.4, 0.5) is 11.4 Å². The molecule has 33 heavy (non-hydrogen) atoms. The van der Waals surface area contributed by atoms with Crippen LogP contribution in [0.2, 0.25) is 0 Å². The summed E-state index contributed by atoms with van der Waals surface area (Å²) in [6.07, 6.45) is 5.42. The molecule has 0 unspecified atom stereocenters. The molecule has 0 aromatic heterocycles. The average Bonchev–Trinajstić information content (AvgIpc) is 2.84. The molecule has 0 atom stereocenters. The van der Waals surface area contributed by atoms with E-state index in [-0.39, 0.29) is 5.75 Å². The maximum absolute atomic E-state index is 11.2. The molecule has 3 aromatic carbocycles. The van der Waals surface area contributed by atoms with Crippen LogP contribution in [0.5, 0.6) is 11.5 Å². The average molecular weight is 441 g/mol. The Kier molecular flexibility index (Phi) is 7.73. The molecule has 0 aliphatic heterocycles. The van der Waals surface area contributed by atoms with Gasteiger partial charge in [-0.25, -0.2) is 0 Å². The third kappa shape index (κ3) is 5.53. The lowest BCUT2D eigenvalue weighted by Crippen LogP contribution is -2.22. The van der Waals surface area contributed by atoms with E-state index in [1.54, 1.807) is 19.4 Å². The third-order valence-electron chi connectivity index (χ3n) is 5.76. The summed E-state index contributed by atoms with van der Waals surface area (Å²) in [7, 11) is 1.63. The number of rotatable bonds is 10. The lowest BCUT2D eigenvalue weighted by atomic mass is 9.77. The minimum atomic E-state index is -0.418. The van der Waals surface area contributed by atoms with E-state index in [0.717, 1.165) is 22.5 Å². The fourth-order valence-corrected chi connectivity index (χ4v) is 3.84. The number of hydrogen-bond donors (Lipinski definition) is 1. The highest BCUT2D eigenvalue weighted by molar-refractivity contribution is 5.87. The first-order valence-corrected chi connectivity index (χ1v) is 11.0. The molecule has 0 aliphatic rings. The van der Waals surface area contributed by atoms with Crippen LogP contribution in [-0.2, 0) is 5.41 Å². The topological polar surface area (TPSA) is 45.1 Å². The molecular formula is C29H32N2O2. The summed E-state index contributed by atoms with van der Waals surface area (Å²) in [6.45, 7) is 13.3. The zero-order valence-corrected chi connectivity index (χ0v) is 19.7. The first kappa shape index (κ1) is 23.9. The summed E-state index contributed by atoms with van der Waals surface area (Å²) >= 11 is 0. The summed E-state index contributed by atoms with van der Waals surface area (Å²) in [5.41, 5.74) is 3.90. The third-order valence-corrected chi connectivity index (χ3v) is 5.76. The second-order valence-corrected chi connectivity index (χ2v) is 8.36. The number of aromatic hydroxyl groups is 1. The van der Waals surface area contributed by atoms with Crippen LogP contribution in [0, 0.1) is 0 Å². The van der Waals surface area contributed by atoms with Crippen LogP contribution in [0.15, 0.2) is 97.0 Å². The maximum atomic E-state index is 11.2. The van der Waals surface area contributed by atoms with Crippen molar-refractivity contribution in [2.75, 3.05) is 25.1 Å². The van der Waals surface area contributed by atoms with Gasteiger partial charge in [0.05, 0.1) is 12.8 Å². The van der Waals surface area contributed by atoms with Crippen molar-refractivity contribution in [1.29, 1.82) is 0 Å². The number of phenolic OH excluding ortho intramolecular Hbond substituents is 1. The van der Waals surface area contributed by atoms with Crippen LogP contribution >= 0.6 is 0 Å². The molecule has 4 heteroatoms. The highest BCUT2D eigenvalue weighted by Gasteiger charge is 2.28. The predicted molar refractivity (Wildman–Crippen MR) is 140 cm³/mol. The van der Waals surface area contributed by atoms with Gasteiger partial charge in [-0.05, 0) is 35.9 Å². The Morgan fingerprint density at radius 1 is 0.970 bits per heavy atom. The van der Waals surface area contributed by atoms with Gasteiger partial charge in [0.15, 0.2) is 0 Å². The summed E-state index contributed by atoms with van der Waals surface area (Å²) < 4.78 is 5.54. The van der Waals surface area contributed by atoms with Crippen molar-refractivity contribution >= 4 is 17.6 Å². The molecule has 0 saturated heterocycles. The van der Waals surface area contributed by atoms with Crippen LogP contribution < -0.4 is 9.64 Å². The summed E-state index contributed by atoms with van der Waals surface area (Å²) in [5, 5.41) is 11.2. The Hall–Kier alpha value is -3.79. The van der Waals surface area contributed by atoms with Gasteiger partial charge in [-0.2, -0.15) is 0 Å². The highest BCUT2D eigenvalue weighted by atomic mass is 16.5. The summed E-state index contributed by atoms with van der Waals surface area (Å²) in [4.78, 5) is 6.81. The first-order valence-electron chi connectivity index (χ1n) is 11.0. The van der Waals surface area contributed by atoms with Crippen molar-refractivity contribution in [2.45, 2.75) is 19.3 Å². The van der Waals surface area contributed by atoms with Crippen LogP contribution in [0.25, 0.3) is 0 Å². The number of nitrogens with zero attached hydrogens (tertiary/aromatic N) is 2. The largest absolute Gasteiger partial charge is 0.507 e. The van der Waals surface area contributed by atoms with Crippen molar-refractivity contribution in [3.05, 3.63) is 109 Å². The second-order valence-electron chi connectivity index (χ2n) is 8.36. The van der Waals surface area contributed by atoms with Gasteiger partial charge in [-0.1, -0.05) is 62.4 Å². The van der Waals surface area contributed by atoms with Crippen molar-refractivity contribution in [1.82, 2.24) is 0 Å². The molecule has 0 aliphatic carbocycles. The SMILES string of the molecule is C=CCN(CC=C)c1cccc(N=Cc2cc(OC)cc(C(C)(C)c3ccccc3)c2O)c1. The molecule has 0 spiro atoms. The number of ether oxygens (including phenoxy) is 1. The van der Waals surface area contributed by atoms with Gasteiger partial charge in [0.1, 0.15) is 11.5 Å². The van der Waals surface area contributed by atoms with E-state index in [9.17, 15) is 5.11 Å². The predicted octanol–water partition coefficient (Wildman–Crippen LogP) is 6.66. The van der Waals surface area contributed by atoms with Crippen LogP contribution in [-0.4, -0.2) is 31.5 Å². The maximum Gasteiger partial charge on any atom is 0.128 e. The lowest BCUT2D eigenvalue weighted by Gasteiger charge is -2.28. The Bertz CT molecular complexity index is 1120. The molecule has 0 fully saturated rings. The molecule has 170 valence electrons. The Morgan fingerprint density at radius 2 is 1.67 bits per heavy atom. The smallest absolute Gasteiger partial charge is 0.128 e. The molecular weight excluding hydrogens is 408 g/mol. The fraction of sp³-hybridized carbons (Fsp3) is 0.207. The molecule has 0 heterocycles. The van der Waals surface area contributed by atoms with Crippen LogP contribution in [0.1, 0.15) is 30.5 Å². The number of methoxy groups -OCH3 is 1. The number of benzene rings is 3. The Balaban J connectivity index is 1.99. The van der Waals surface area contributed by atoms with Crippen molar-refractivity contribution in [3.63, 3.8) is 0 Å². The van der Waals surface area contributed by atoms with Crippen molar-refractivity contribution in [3.8, 4) is 11.5 Å². The van der Waals surface area contributed by atoms with E-state index in [1.165, 1.54) is 0 Å². The zero-order valence-electron chi connectivity index (χ0n) is 19.7. The fourth-order valence-electron chi connectivity index (χ4n) is 3.84.